The number of piperidine rings is 1. The van der Waals surface area contributed by atoms with E-state index in [0.29, 0.717) is 29.7 Å². The van der Waals surface area contributed by atoms with E-state index in [-0.39, 0.29) is 11.4 Å². The number of hydrogen-bond acceptors (Lipinski definition) is 5. The van der Waals surface area contributed by atoms with Crippen molar-refractivity contribution >= 4 is 28.7 Å². The number of aromatic amines is 1. The van der Waals surface area contributed by atoms with Gasteiger partial charge in [-0.05, 0) is 31.0 Å². The molecule has 0 radical (unpaired) electrons. The summed E-state index contributed by atoms with van der Waals surface area (Å²) in [5.74, 6) is -1.85. The minimum atomic E-state index is -1.26. The van der Waals surface area contributed by atoms with E-state index in [9.17, 15) is 14.4 Å². The Hall–Kier alpha value is -3.24. The summed E-state index contributed by atoms with van der Waals surface area (Å²) in [5, 5.41) is 26.7. The summed E-state index contributed by atoms with van der Waals surface area (Å²) in [7, 11) is 0. The van der Waals surface area contributed by atoms with Crippen molar-refractivity contribution in [2.45, 2.75) is 12.5 Å². The number of nitrogens with zero attached hydrogens (tertiary/aromatic N) is 2. The molecule has 3 atom stereocenters. The lowest BCUT2D eigenvalue weighted by Crippen LogP contribution is -2.43. The highest BCUT2D eigenvalue weighted by molar-refractivity contribution is 5.97. The Morgan fingerprint density at radius 3 is 2.46 bits per heavy atom. The molecular weight excluding hydrogens is 368 g/mol. The molecule has 10 nitrogen and oxygen atoms in total. The van der Waals surface area contributed by atoms with Crippen molar-refractivity contribution in [2.75, 3.05) is 19.6 Å². The molecule has 0 saturated carbocycles. The van der Waals surface area contributed by atoms with Crippen LogP contribution < -0.4 is 5.32 Å². The molecule has 0 aliphatic carbocycles. The molecule has 2 aromatic rings. The van der Waals surface area contributed by atoms with Crippen molar-refractivity contribution in [3.05, 3.63) is 42.1 Å². The lowest BCUT2D eigenvalue weighted by atomic mass is 9.99. The minimum Gasteiger partial charge on any atom is -0.478 e. The van der Waals surface area contributed by atoms with Gasteiger partial charge < -0.3 is 25.9 Å². The predicted molar refractivity (Wildman–Crippen MR) is 99.9 cm³/mol. The number of carbonyl (C=O) groups excluding carboxylic acids is 1. The molecule has 2 aliphatic heterocycles. The summed E-state index contributed by atoms with van der Waals surface area (Å²) >= 11 is 0. The molecule has 2 saturated heterocycles. The fourth-order valence-electron chi connectivity index (χ4n) is 3.42. The maximum absolute atomic E-state index is 12.3. The van der Waals surface area contributed by atoms with Gasteiger partial charge in [0.2, 0.25) is 0 Å². The standard InChI is InChI=1S/C14H16N4O.C4H4O4.H2O/c19-14(16-13-8-18-4-3-11(13)7-18)9-1-2-10-6-15-17-12(10)5-9;5-3(6)1-2-4(7)8;/h1-2,5-6,11,13H,3-4,7-8H2,(H,15,17)(H,16,19);1-2H,(H,5,6)(H,7,8);1H2/b;2-1+;/t11-,13?;;/m0../s1. The van der Waals surface area contributed by atoms with Crippen LogP contribution in [0.15, 0.2) is 36.5 Å². The first-order valence-electron chi connectivity index (χ1n) is 8.52. The SMILES string of the molecule is O.O=C(NC1CN2CC[C@H]1C2)c1ccc2cn[nH]c2c1.O=C(O)/C=C/C(=O)O. The number of carboxylic acid groups (broad SMARTS) is 2. The van der Waals surface area contributed by atoms with Crippen molar-refractivity contribution in [1.82, 2.24) is 20.4 Å². The Balaban J connectivity index is 0.000000270. The molecule has 10 heteroatoms. The van der Waals surface area contributed by atoms with Gasteiger partial charge in [-0.15, -0.1) is 0 Å². The molecule has 2 bridgehead atoms. The van der Waals surface area contributed by atoms with Gasteiger partial charge in [0, 0.05) is 42.2 Å². The number of hydrogen-bond donors (Lipinski definition) is 4. The van der Waals surface area contributed by atoms with E-state index in [4.69, 9.17) is 10.2 Å². The normalized spacial score (nSPS) is 22.4. The van der Waals surface area contributed by atoms with E-state index in [1.165, 1.54) is 13.0 Å². The Kier molecular flexibility index (Phi) is 6.85. The highest BCUT2D eigenvalue weighted by Gasteiger charge is 2.38. The van der Waals surface area contributed by atoms with Crippen LogP contribution in [0.1, 0.15) is 16.8 Å². The van der Waals surface area contributed by atoms with Crippen molar-refractivity contribution in [3.63, 3.8) is 0 Å². The Bertz CT molecular complexity index is 877. The number of aromatic nitrogens is 2. The van der Waals surface area contributed by atoms with Crippen LogP contribution in [0, 0.1) is 5.92 Å². The molecule has 2 aliphatic rings. The van der Waals surface area contributed by atoms with Gasteiger partial charge in [-0.25, -0.2) is 9.59 Å². The molecule has 1 amide bonds. The molecule has 1 aromatic carbocycles. The van der Waals surface area contributed by atoms with Gasteiger partial charge in [0.25, 0.3) is 5.91 Å². The molecule has 0 spiro atoms. The molecule has 2 fully saturated rings. The quantitative estimate of drug-likeness (QED) is 0.528. The van der Waals surface area contributed by atoms with Crippen LogP contribution >= 0.6 is 0 Å². The Morgan fingerprint density at radius 1 is 1.18 bits per heavy atom. The van der Waals surface area contributed by atoms with Crippen LogP contribution in [-0.4, -0.2) is 74.3 Å². The van der Waals surface area contributed by atoms with Gasteiger partial charge in [0.15, 0.2) is 0 Å². The number of carbonyl (C=O) groups is 3. The van der Waals surface area contributed by atoms with Gasteiger partial charge in [-0.3, -0.25) is 9.89 Å². The molecule has 150 valence electrons. The van der Waals surface area contributed by atoms with Crippen LogP contribution in [0.5, 0.6) is 0 Å². The number of H-pyrrole nitrogens is 1. The third-order valence-electron chi connectivity index (χ3n) is 4.72. The van der Waals surface area contributed by atoms with E-state index < -0.39 is 11.9 Å². The minimum absolute atomic E-state index is 0. The first-order chi connectivity index (χ1) is 12.9. The number of aliphatic carboxylic acids is 2. The molecular formula is C18H22N4O6. The topological polar surface area (TPSA) is 167 Å². The summed E-state index contributed by atoms with van der Waals surface area (Å²) in [6.07, 6.45) is 4.09. The summed E-state index contributed by atoms with van der Waals surface area (Å²) in [5.41, 5.74) is 1.61. The smallest absolute Gasteiger partial charge is 0.328 e. The van der Waals surface area contributed by atoms with Crippen molar-refractivity contribution < 1.29 is 30.1 Å². The largest absolute Gasteiger partial charge is 0.478 e. The average Bonchev–Trinajstić information content (AvgIpc) is 3.36. The zero-order valence-corrected chi connectivity index (χ0v) is 15.0. The van der Waals surface area contributed by atoms with Gasteiger partial charge in [0.1, 0.15) is 0 Å². The molecule has 28 heavy (non-hydrogen) atoms. The number of fused-ring (bicyclic) bond motifs is 3. The monoisotopic (exact) mass is 390 g/mol. The fourth-order valence-corrected chi connectivity index (χ4v) is 3.42. The molecule has 2 unspecified atom stereocenters. The summed E-state index contributed by atoms with van der Waals surface area (Å²) in [6, 6.07) is 5.97. The predicted octanol–water partition coefficient (Wildman–Crippen LogP) is -0.116. The Morgan fingerprint density at radius 2 is 1.89 bits per heavy atom. The summed E-state index contributed by atoms with van der Waals surface area (Å²) < 4.78 is 0. The zero-order chi connectivity index (χ0) is 19.4. The van der Waals surface area contributed by atoms with Gasteiger partial charge in [-0.2, -0.15) is 5.10 Å². The van der Waals surface area contributed by atoms with Crippen LogP contribution in [-0.2, 0) is 9.59 Å². The first-order valence-corrected chi connectivity index (χ1v) is 8.52. The number of amides is 1. The second-order valence-electron chi connectivity index (χ2n) is 6.57. The van der Waals surface area contributed by atoms with E-state index in [2.05, 4.69) is 20.4 Å². The molecule has 6 N–H and O–H groups in total. The summed E-state index contributed by atoms with van der Waals surface area (Å²) in [4.78, 5) is 33.8. The highest BCUT2D eigenvalue weighted by atomic mass is 16.4. The van der Waals surface area contributed by atoms with E-state index in [1.807, 2.05) is 18.2 Å². The van der Waals surface area contributed by atoms with Gasteiger partial charge in [0.05, 0.1) is 11.7 Å². The van der Waals surface area contributed by atoms with Crippen molar-refractivity contribution in [2.24, 2.45) is 5.92 Å². The maximum Gasteiger partial charge on any atom is 0.328 e. The third-order valence-corrected chi connectivity index (χ3v) is 4.72. The molecule has 4 rings (SSSR count). The maximum atomic E-state index is 12.3. The number of benzene rings is 1. The van der Waals surface area contributed by atoms with Crippen LogP contribution in [0.3, 0.4) is 0 Å². The first kappa shape index (κ1) is 21.1. The zero-order valence-electron chi connectivity index (χ0n) is 15.0. The van der Waals surface area contributed by atoms with Crippen molar-refractivity contribution in [1.29, 1.82) is 0 Å². The van der Waals surface area contributed by atoms with Crippen LogP contribution in [0.25, 0.3) is 10.9 Å². The van der Waals surface area contributed by atoms with Gasteiger partial charge >= 0.3 is 11.9 Å². The third kappa shape index (κ3) is 5.15. The second kappa shape index (κ2) is 9.11. The average molecular weight is 390 g/mol. The summed E-state index contributed by atoms with van der Waals surface area (Å²) in [6.45, 7) is 3.34. The number of rotatable bonds is 4. The lowest BCUT2D eigenvalue weighted by Gasteiger charge is -2.23. The van der Waals surface area contributed by atoms with E-state index >= 15 is 0 Å². The highest BCUT2D eigenvalue weighted by Crippen LogP contribution is 2.28. The molecule has 3 heterocycles. The van der Waals surface area contributed by atoms with Crippen LogP contribution in [0.2, 0.25) is 0 Å². The Labute approximate surface area is 160 Å². The molecule has 1 aromatic heterocycles. The van der Waals surface area contributed by atoms with E-state index in [1.54, 1.807) is 6.20 Å². The number of nitrogens with one attached hydrogen (secondary N) is 2. The number of carboxylic acids is 2. The van der Waals surface area contributed by atoms with Crippen LogP contribution in [0.4, 0.5) is 0 Å². The van der Waals surface area contributed by atoms with Gasteiger partial charge in [-0.1, -0.05) is 6.07 Å². The fraction of sp³-hybridized carbons (Fsp3) is 0.333. The van der Waals surface area contributed by atoms with E-state index in [0.717, 1.165) is 24.0 Å². The van der Waals surface area contributed by atoms with Crippen molar-refractivity contribution in [3.8, 4) is 0 Å². The second-order valence-corrected chi connectivity index (χ2v) is 6.57. The lowest BCUT2D eigenvalue weighted by molar-refractivity contribution is -0.134.